The summed E-state index contributed by atoms with van der Waals surface area (Å²) in [5.41, 5.74) is 13.2. The minimum atomic E-state index is -0.317. The Kier molecular flexibility index (Phi) is 8.30. The molecule has 2 heterocycles. The number of para-hydroxylation sites is 7. The number of nitro groups is 1. The summed E-state index contributed by atoms with van der Waals surface area (Å²) in [4.78, 5) is 22.0. The first kappa shape index (κ1) is 33.7. The van der Waals surface area contributed by atoms with Crippen molar-refractivity contribution in [3.63, 3.8) is 0 Å². The molecule has 0 N–H and O–H groups in total. The summed E-state index contributed by atoms with van der Waals surface area (Å²) in [5, 5.41) is 12.2. The fraction of sp³-hybridized carbons (Fsp3) is 0. The highest BCUT2D eigenvalue weighted by molar-refractivity contribution is 5.87. The molecule has 10 aromatic rings. The average Bonchev–Trinajstić information content (AvgIpc) is 3.87. The van der Waals surface area contributed by atoms with Gasteiger partial charge in [-0.3, -0.25) is 19.2 Å². The lowest BCUT2D eigenvalue weighted by Gasteiger charge is -2.13. The van der Waals surface area contributed by atoms with Gasteiger partial charge in [0, 0.05) is 28.6 Å². The van der Waals surface area contributed by atoms with E-state index in [1.807, 2.05) is 97.1 Å². The molecule has 0 amide bonds. The van der Waals surface area contributed by atoms with Crippen molar-refractivity contribution in [2.24, 2.45) is 0 Å². The molecule has 0 atom stereocenters. The van der Waals surface area contributed by atoms with Crippen molar-refractivity contribution >= 4 is 27.8 Å². The second kappa shape index (κ2) is 14.1. The van der Waals surface area contributed by atoms with Gasteiger partial charge in [0.1, 0.15) is 11.6 Å². The smallest absolute Gasteiger partial charge is 0.277 e. The standard InChI is InChI=1S/C50H33N5O2/c56-55(57)46-20-10-7-17-43(46)40-32-38(34-23-27-36(28-24-34)49-51-44-18-8-11-21-47(44)53(49)41-13-3-1-4-14-41)31-39(33-40)35-25-29-37(30-26-35)50-52-45-19-9-12-22-48(45)54(50)42-15-5-2-6-16-42/h1-33H. The third kappa shape index (κ3) is 6.13. The molecular formula is C50H33N5O2. The molecule has 8 aromatic carbocycles. The monoisotopic (exact) mass is 735 g/mol. The van der Waals surface area contributed by atoms with Crippen LogP contribution in [0, 0.1) is 10.1 Å². The first-order chi connectivity index (χ1) is 28.1. The molecular weight excluding hydrogens is 703 g/mol. The van der Waals surface area contributed by atoms with Crippen molar-refractivity contribution in [1.82, 2.24) is 19.1 Å². The molecule has 0 aliphatic rings. The molecule has 0 aliphatic heterocycles. The molecule has 270 valence electrons. The second-order valence-corrected chi connectivity index (χ2v) is 13.9. The molecule has 0 saturated heterocycles. The zero-order valence-corrected chi connectivity index (χ0v) is 30.6. The molecule has 7 nitrogen and oxygen atoms in total. The zero-order valence-electron chi connectivity index (χ0n) is 30.6. The Morgan fingerprint density at radius 3 is 1.25 bits per heavy atom. The zero-order chi connectivity index (χ0) is 38.3. The molecule has 0 unspecified atom stereocenters. The third-order valence-electron chi connectivity index (χ3n) is 10.4. The Morgan fingerprint density at radius 2 is 0.772 bits per heavy atom. The van der Waals surface area contributed by atoms with E-state index in [4.69, 9.17) is 9.97 Å². The van der Waals surface area contributed by atoms with E-state index in [1.165, 1.54) is 0 Å². The number of benzene rings is 8. The Labute approximate surface area is 328 Å². The van der Waals surface area contributed by atoms with Gasteiger partial charge in [0.05, 0.1) is 32.6 Å². The molecule has 57 heavy (non-hydrogen) atoms. The fourth-order valence-electron chi connectivity index (χ4n) is 7.73. The highest BCUT2D eigenvalue weighted by atomic mass is 16.6. The Morgan fingerprint density at radius 1 is 0.386 bits per heavy atom. The average molecular weight is 736 g/mol. The van der Waals surface area contributed by atoms with Crippen LogP contribution in [0.25, 0.3) is 89.6 Å². The van der Waals surface area contributed by atoms with Gasteiger partial charge in [-0.1, -0.05) is 121 Å². The van der Waals surface area contributed by atoms with Crippen LogP contribution in [0.3, 0.4) is 0 Å². The van der Waals surface area contributed by atoms with Gasteiger partial charge >= 0.3 is 0 Å². The van der Waals surface area contributed by atoms with E-state index >= 15 is 0 Å². The van der Waals surface area contributed by atoms with Crippen molar-refractivity contribution < 1.29 is 4.92 Å². The van der Waals surface area contributed by atoms with Gasteiger partial charge in [-0.25, -0.2) is 9.97 Å². The van der Waals surface area contributed by atoms with E-state index in [0.29, 0.717) is 5.56 Å². The fourth-order valence-corrected chi connectivity index (χ4v) is 7.73. The Hall–Kier alpha value is -7.90. The number of hydrogen-bond acceptors (Lipinski definition) is 4. The summed E-state index contributed by atoms with van der Waals surface area (Å²) in [6.07, 6.45) is 0. The third-order valence-corrected chi connectivity index (χ3v) is 10.4. The number of hydrogen-bond donors (Lipinski definition) is 0. The summed E-state index contributed by atoms with van der Waals surface area (Å²) in [6, 6.07) is 66.8. The molecule has 0 spiro atoms. The van der Waals surface area contributed by atoms with E-state index in [1.54, 1.807) is 12.1 Å². The number of aromatic nitrogens is 4. The highest BCUT2D eigenvalue weighted by Crippen LogP contribution is 2.38. The molecule has 0 bridgehead atoms. The molecule has 0 saturated carbocycles. The number of rotatable bonds is 8. The van der Waals surface area contributed by atoms with Crippen LogP contribution in [0.5, 0.6) is 0 Å². The lowest BCUT2D eigenvalue weighted by Crippen LogP contribution is -1.97. The van der Waals surface area contributed by atoms with E-state index in [9.17, 15) is 10.1 Å². The normalized spacial score (nSPS) is 11.3. The molecule has 7 heteroatoms. The molecule has 2 aromatic heterocycles. The van der Waals surface area contributed by atoms with Crippen LogP contribution in [0.2, 0.25) is 0 Å². The summed E-state index contributed by atoms with van der Waals surface area (Å²) in [7, 11) is 0. The quantitative estimate of drug-likeness (QED) is 0.115. The van der Waals surface area contributed by atoms with Crippen LogP contribution in [0.4, 0.5) is 5.69 Å². The van der Waals surface area contributed by atoms with E-state index in [-0.39, 0.29) is 10.6 Å². The SMILES string of the molecule is O=[N+]([O-])c1ccccc1-c1cc(-c2ccc(-c3nc4ccccc4n3-c3ccccc3)cc2)cc(-c2ccc(-c3nc4ccccc4n3-c3ccccc3)cc2)c1. The van der Waals surface area contributed by atoms with E-state index in [0.717, 1.165) is 84.0 Å². The number of nitro benzene ring substituents is 1. The topological polar surface area (TPSA) is 78.8 Å². The predicted octanol–water partition coefficient (Wildman–Crippen LogP) is 12.6. The molecule has 10 rings (SSSR count). The van der Waals surface area contributed by atoms with Crippen LogP contribution in [-0.2, 0) is 0 Å². The van der Waals surface area contributed by atoms with Gasteiger partial charge in [0.2, 0.25) is 0 Å². The highest BCUT2D eigenvalue weighted by Gasteiger charge is 2.19. The largest absolute Gasteiger partial charge is 0.292 e. The van der Waals surface area contributed by atoms with Gasteiger partial charge in [0.15, 0.2) is 0 Å². The lowest BCUT2D eigenvalue weighted by molar-refractivity contribution is -0.384. The van der Waals surface area contributed by atoms with Crippen molar-refractivity contribution in [2.45, 2.75) is 0 Å². The lowest BCUT2D eigenvalue weighted by atomic mass is 9.92. The summed E-state index contributed by atoms with van der Waals surface area (Å²) in [6.45, 7) is 0. The maximum atomic E-state index is 12.2. The van der Waals surface area contributed by atoms with Gasteiger partial charge in [0.25, 0.3) is 5.69 Å². The van der Waals surface area contributed by atoms with Gasteiger partial charge in [-0.05, 0) is 101 Å². The van der Waals surface area contributed by atoms with E-state index < -0.39 is 0 Å². The van der Waals surface area contributed by atoms with Crippen LogP contribution in [0.1, 0.15) is 0 Å². The van der Waals surface area contributed by atoms with Crippen molar-refractivity contribution in [3.8, 4) is 67.5 Å². The second-order valence-electron chi connectivity index (χ2n) is 13.9. The molecule has 0 radical (unpaired) electrons. The van der Waals surface area contributed by atoms with Gasteiger partial charge in [-0.15, -0.1) is 0 Å². The van der Waals surface area contributed by atoms with Gasteiger partial charge in [-0.2, -0.15) is 0 Å². The van der Waals surface area contributed by atoms with Crippen molar-refractivity contribution in [2.75, 3.05) is 0 Å². The first-order valence-electron chi connectivity index (χ1n) is 18.8. The molecule has 0 fully saturated rings. The van der Waals surface area contributed by atoms with Crippen LogP contribution < -0.4 is 0 Å². The van der Waals surface area contributed by atoms with Crippen molar-refractivity contribution in [1.29, 1.82) is 0 Å². The Bertz CT molecular complexity index is 2900. The minimum Gasteiger partial charge on any atom is -0.292 e. The van der Waals surface area contributed by atoms with Crippen LogP contribution in [0.15, 0.2) is 200 Å². The van der Waals surface area contributed by atoms with Gasteiger partial charge < -0.3 is 0 Å². The number of imidazole rings is 2. The van der Waals surface area contributed by atoms with E-state index in [2.05, 4.69) is 100 Å². The maximum Gasteiger partial charge on any atom is 0.277 e. The first-order valence-corrected chi connectivity index (χ1v) is 18.8. The predicted molar refractivity (Wildman–Crippen MR) is 230 cm³/mol. The number of nitrogens with zero attached hydrogens (tertiary/aromatic N) is 5. The van der Waals surface area contributed by atoms with Crippen LogP contribution in [-0.4, -0.2) is 24.0 Å². The van der Waals surface area contributed by atoms with Crippen molar-refractivity contribution in [3.05, 3.63) is 210 Å². The van der Waals surface area contributed by atoms with Crippen LogP contribution >= 0.6 is 0 Å². The Balaban J connectivity index is 1.08. The number of fused-ring (bicyclic) bond motifs is 2. The summed E-state index contributed by atoms with van der Waals surface area (Å²) < 4.78 is 4.38. The minimum absolute atomic E-state index is 0.0610. The maximum absolute atomic E-state index is 12.2. The summed E-state index contributed by atoms with van der Waals surface area (Å²) in [5.74, 6) is 1.70. The molecule has 0 aliphatic carbocycles. The summed E-state index contributed by atoms with van der Waals surface area (Å²) >= 11 is 0.